The molecule has 0 bridgehead atoms. The molecule has 0 aromatic carbocycles. The van der Waals surface area contributed by atoms with Crippen molar-refractivity contribution in [2.45, 2.75) is 19.9 Å². The van der Waals surface area contributed by atoms with Gasteiger partial charge in [-0.05, 0) is 26.0 Å². The summed E-state index contributed by atoms with van der Waals surface area (Å²) in [5, 5.41) is 19.2. The van der Waals surface area contributed by atoms with Crippen LogP contribution in [0.15, 0.2) is 18.2 Å². The average molecular weight is 231 g/mol. The van der Waals surface area contributed by atoms with Gasteiger partial charge in [0.25, 0.3) is 0 Å². The number of piperazine rings is 1. The number of nitrogens with zero attached hydrogens (tertiary/aromatic N) is 2. The van der Waals surface area contributed by atoms with Gasteiger partial charge in [-0.3, -0.25) is 10.8 Å². The third-order valence-corrected chi connectivity index (χ3v) is 2.84. The molecule has 1 atom stereocenters. The van der Waals surface area contributed by atoms with Crippen molar-refractivity contribution in [2.24, 2.45) is 0 Å². The highest BCUT2D eigenvalue weighted by Crippen LogP contribution is 2.10. The lowest BCUT2D eigenvalue weighted by Crippen LogP contribution is -2.55. The Balaban J connectivity index is 2.27. The molecule has 1 fully saturated rings. The summed E-state index contributed by atoms with van der Waals surface area (Å²) in [4.78, 5) is 6.07. The van der Waals surface area contributed by atoms with Crippen LogP contribution in [0, 0.1) is 17.7 Å². The van der Waals surface area contributed by atoms with Crippen molar-refractivity contribution in [3.63, 3.8) is 0 Å². The molecular weight excluding hydrogens is 214 g/mol. The van der Waals surface area contributed by atoms with Crippen LogP contribution in [0.5, 0.6) is 0 Å². The summed E-state index contributed by atoms with van der Waals surface area (Å²) >= 11 is 0. The molecule has 0 aliphatic carbocycles. The third-order valence-electron chi connectivity index (χ3n) is 2.84. The lowest BCUT2D eigenvalue weighted by atomic mass is 10.1. The van der Waals surface area contributed by atoms with Gasteiger partial charge in [-0.25, -0.2) is 4.98 Å². The van der Waals surface area contributed by atoms with E-state index in [9.17, 15) is 0 Å². The summed E-state index contributed by atoms with van der Waals surface area (Å²) in [5.41, 5.74) is 1.52. The Bertz CT molecular complexity index is 454. The lowest BCUT2D eigenvalue weighted by Gasteiger charge is -2.35. The van der Waals surface area contributed by atoms with Crippen LogP contribution in [0.1, 0.15) is 18.3 Å². The van der Waals surface area contributed by atoms with Crippen molar-refractivity contribution in [3.8, 4) is 0 Å². The summed E-state index contributed by atoms with van der Waals surface area (Å²) in [7, 11) is 0. The zero-order chi connectivity index (χ0) is 12.4. The number of hydrogen-bond donors (Lipinski definition) is 3. The van der Waals surface area contributed by atoms with E-state index < -0.39 is 0 Å². The van der Waals surface area contributed by atoms with Crippen LogP contribution in [-0.4, -0.2) is 40.7 Å². The highest BCUT2D eigenvalue weighted by molar-refractivity contribution is 6.07. The molecule has 2 heterocycles. The topological polar surface area (TPSA) is 75.9 Å². The van der Waals surface area contributed by atoms with Gasteiger partial charge in [-0.2, -0.15) is 0 Å². The van der Waals surface area contributed by atoms with Gasteiger partial charge in [-0.1, -0.05) is 6.07 Å². The van der Waals surface area contributed by atoms with Crippen LogP contribution in [0.25, 0.3) is 0 Å². The molecule has 0 amide bonds. The first-order valence-corrected chi connectivity index (χ1v) is 5.69. The highest BCUT2D eigenvalue weighted by Gasteiger charge is 2.26. The first-order chi connectivity index (χ1) is 8.09. The number of nitrogens with one attached hydrogen (secondary N) is 3. The summed E-state index contributed by atoms with van der Waals surface area (Å²) < 4.78 is 0. The van der Waals surface area contributed by atoms with Crippen LogP contribution in [0.4, 0.5) is 0 Å². The quantitative estimate of drug-likeness (QED) is 0.498. The van der Waals surface area contributed by atoms with E-state index in [1.54, 1.807) is 4.90 Å². The normalized spacial score (nSPS) is 20.5. The summed E-state index contributed by atoms with van der Waals surface area (Å²) in [5.74, 6) is 0.741. The Labute approximate surface area is 101 Å². The van der Waals surface area contributed by atoms with Gasteiger partial charge >= 0.3 is 0 Å². The van der Waals surface area contributed by atoms with Gasteiger partial charge in [-0.15, -0.1) is 0 Å². The van der Waals surface area contributed by atoms with Gasteiger partial charge in [0.1, 0.15) is 11.5 Å². The van der Waals surface area contributed by atoms with E-state index in [0.717, 1.165) is 12.2 Å². The number of rotatable bonds is 1. The van der Waals surface area contributed by atoms with Gasteiger partial charge in [0.15, 0.2) is 5.84 Å². The molecule has 5 nitrogen and oxygen atoms in total. The lowest BCUT2D eigenvalue weighted by molar-refractivity contribution is 0.399. The van der Waals surface area contributed by atoms with Crippen LogP contribution >= 0.6 is 0 Å². The zero-order valence-corrected chi connectivity index (χ0v) is 10.1. The van der Waals surface area contributed by atoms with Gasteiger partial charge in [0, 0.05) is 18.3 Å². The van der Waals surface area contributed by atoms with Crippen LogP contribution < -0.4 is 5.32 Å². The largest absolute Gasteiger partial charge is 0.308 e. The van der Waals surface area contributed by atoms with Gasteiger partial charge in [0.05, 0.1) is 6.54 Å². The first kappa shape index (κ1) is 11.7. The molecule has 0 saturated carbocycles. The number of pyridine rings is 1. The average Bonchev–Trinajstić information content (AvgIpc) is 2.28. The van der Waals surface area contributed by atoms with Crippen LogP contribution in [-0.2, 0) is 0 Å². The minimum absolute atomic E-state index is 0.117. The van der Waals surface area contributed by atoms with Crippen molar-refractivity contribution in [1.29, 1.82) is 10.8 Å². The highest BCUT2D eigenvalue weighted by atomic mass is 15.3. The molecule has 0 radical (unpaired) electrons. The SMILES string of the molecule is Cc1cccc(C(=N)N2C(=N)CNCC2C)n1. The van der Waals surface area contributed by atoms with Crippen LogP contribution in [0.3, 0.4) is 0 Å². The van der Waals surface area contributed by atoms with Crippen molar-refractivity contribution >= 4 is 11.7 Å². The van der Waals surface area contributed by atoms with E-state index in [4.69, 9.17) is 10.8 Å². The first-order valence-electron chi connectivity index (χ1n) is 5.69. The van der Waals surface area contributed by atoms with Gasteiger partial charge < -0.3 is 10.2 Å². The van der Waals surface area contributed by atoms with E-state index in [1.807, 2.05) is 32.0 Å². The molecule has 3 N–H and O–H groups in total. The fraction of sp³-hybridized carbons (Fsp3) is 0.417. The van der Waals surface area contributed by atoms with Crippen LogP contribution in [0.2, 0.25) is 0 Å². The molecule has 1 aliphatic rings. The number of aryl methyl sites for hydroxylation is 1. The van der Waals surface area contributed by atoms with E-state index in [-0.39, 0.29) is 6.04 Å². The minimum Gasteiger partial charge on any atom is -0.308 e. The fourth-order valence-electron chi connectivity index (χ4n) is 2.00. The fourth-order valence-corrected chi connectivity index (χ4v) is 2.00. The van der Waals surface area contributed by atoms with Crippen molar-refractivity contribution < 1.29 is 0 Å². The van der Waals surface area contributed by atoms with E-state index in [1.165, 1.54) is 0 Å². The molecule has 2 rings (SSSR count). The monoisotopic (exact) mass is 231 g/mol. The number of amidine groups is 2. The van der Waals surface area contributed by atoms with Gasteiger partial charge in [0.2, 0.25) is 0 Å². The maximum atomic E-state index is 8.18. The molecule has 5 heteroatoms. The smallest absolute Gasteiger partial charge is 0.152 e. The maximum absolute atomic E-state index is 8.18. The second kappa shape index (κ2) is 4.63. The van der Waals surface area contributed by atoms with E-state index >= 15 is 0 Å². The number of hydrogen-bond acceptors (Lipinski definition) is 4. The Morgan fingerprint density at radius 2 is 2.29 bits per heavy atom. The predicted molar refractivity (Wildman–Crippen MR) is 67.7 cm³/mol. The third kappa shape index (κ3) is 2.34. The molecule has 17 heavy (non-hydrogen) atoms. The Morgan fingerprint density at radius 1 is 1.53 bits per heavy atom. The Kier molecular flexibility index (Phi) is 3.19. The molecule has 1 saturated heterocycles. The number of aromatic nitrogens is 1. The molecule has 90 valence electrons. The van der Waals surface area contributed by atoms with E-state index in [2.05, 4.69) is 10.3 Å². The molecular formula is C12H17N5. The molecule has 1 aromatic rings. The minimum atomic E-state index is 0.117. The summed E-state index contributed by atoms with van der Waals surface area (Å²) in [6.45, 7) is 5.21. The standard InChI is InChI=1S/C12H17N5/c1-8-4-3-5-10(16-8)12(14)17-9(2)6-15-7-11(17)13/h3-5,9,13-15H,6-7H2,1-2H3. The maximum Gasteiger partial charge on any atom is 0.152 e. The molecule has 0 spiro atoms. The van der Waals surface area contributed by atoms with Crippen molar-refractivity contribution in [3.05, 3.63) is 29.6 Å². The molecule has 1 aliphatic heterocycles. The van der Waals surface area contributed by atoms with E-state index in [0.29, 0.717) is 23.9 Å². The predicted octanol–water partition coefficient (Wildman–Crippen LogP) is 0.986. The Hall–Kier alpha value is -1.75. The molecule has 1 unspecified atom stereocenters. The molecule has 1 aromatic heterocycles. The Morgan fingerprint density at radius 3 is 2.94 bits per heavy atom. The summed E-state index contributed by atoms with van der Waals surface area (Å²) in [6.07, 6.45) is 0. The second-order valence-electron chi connectivity index (χ2n) is 4.31. The zero-order valence-electron chi connectivity index (χ0n) is 10.1. The van der Waals surface area contributed by atoms with Crippen molar-refractivity contribution in [1.82, 2.24) is 15.2 Å². The summed E-state index contributed by atoms with van der Waals surface area (Å²) in [6, 6.07) is 5.73. The second-order valence-corrected chi connectivity index (χ2v) is 4.31. The van der Waals surface area contributed by atoms with Crippen molar-refractivity contribution in [2.75, 3.05) is 13.1 Å².